The summed E-state index contributed by atoms with van der Waals surface area (Å²) in [5.74, 6) is -1.11. The average molecular weight is 388 g/mol. The number of carbonyl (C=O) groups is 2. The molecule has 0 spiro atoms. The number of rotatable bonds is 4. The number of nitrogens with zero attached hydrogens (tertiary/aromatic N) is 1. The van der Waals surface area contributed by atoms with E-state index in [1.807, 2.05) is 0 Å². The number of amides is 1. The van der Waals surface area contributed by atoms with Gasteiger partial charge >= 0.3 is 5.97 Å². The molecule has 0 radical (unpaired) electrons. The highest BCUT2D eigenvalue weighted by Gasteiger charge is 2.37. The van der Waals surface area contributed by atoms with E-state index in [0.717, 1.165) is 19.3 Å². The molecule has 4 nitrogen and oxygen atoms in total. The third kappa shape index (κ3) is 4.09. The van der Waals surface area contributed by atoms with Crippen molar-refractivity contribution < 1.29 is 18.7 Å². The average Bonchev–Trinajstić information content (AvgIpc) is 3.43. The van der Waals surface area contributed by atoms with E-state index in [4.69, 9.17) is 27.9 Å². The third-order valence-electron chi connectivity index (χ3n) is 4.77. The van der Waals surface area contributed by atoms with Crippen LogP contribution in [-0.4, -0.2) is 29.9 Å². The fourth-order valence-electron chi connectivity index (χ4n) is 3.20. The molecule has 25 heavy (non-hydrogen) atoms. The summed E-state index contributed by atoms with van der Waals surface area (Å²) in [7, 11) is 0. The number of piperidine rings is 1. The zero-order chi connectivity index (χ0) is 18.1. The molecule has 0 bridgehead atoms. The smallest absolute Gasteiger partial charge is 0.311 e. The van der Waals surface area contributed by atoms with Gasteiger partial charge in [-0.3, -0.25) is 9.59 Å². The molecule has 136 valence electrons. The van der Waals surface area contributed by atoms with Crippen molar-refractivity contribution in [3.05, 3.63) is 33.6 Å². The van der Waals surface area contributed by atoms with E-state index >= 15 is 0 Å². The van der Waals surface area contributed by atoms with Gasteiger partial charge in [0.2, 0.25) is 5.91 Å². The first-order valence-electron chi connectivity index (χ1n) is 8.51. The summed E-state index contributed by atoms with van der Waals surface area (Å²) in [5, 5.41) is 0.114. The first-order valence-corrected chi connectivity index (χ1v) is 9.26. The molecule has 0 aromatic heterocycles. The van der Waals surface area contributed by atoms with Crippen LogP contribution in [0, 0.1) is 17.7 Å². The second-order valence-corrected chi connectivity index (χ2v) is 7.52. The Morgan fingerprint density at radius 3 is 2.64 bits per heavy atom. The van der Waals surface area contributed by atoms with Crippen molar-refractivity contribution in [1.82, 2.24) is 4.90 Å². The molecule has 1 heterocycles. The molecule has 1 amide bonds. The lowest BCUT2D eigenvalue weighted by molar-refractivity contribution is -0.156. The van der Waals surface area contributed by atoms with Crippen molar-refractivity contribution in [1.29, 1.82) is 0 Å². The highest BCUT2D eigenvalue weighted by Crippen LogP contribution is 2.36. The number of esters is 1. The maximum Gasteiger partial charge on any atom is 0.311 e. The van der Waals surface area contributed by atoms with Gasteiger partial charge in [0.25, 0.3) is 0 Å². The largest absolute Gasteiger partial charge is 0.457 e. The third-order valence-corrected chi connectivity index (χ3v) is 5.49. The second-order valence-electron chi connectivity index (χ2n) is 6.73. The number of hydrogen-bond acceptors (Lipinski definition) is 3. The first-order chi connectivity index (χ1) is 11.9. The maximum atomic E-state index is 13.7. The first kappa shape index (κ1) is 18.5. The topological polar surface area (TPSA) is 46.6 Å². The Labute approximate surface area is 156 Å². The van der Waals surface area contributed by atoms with E-state index < -0.39 is 17.9 Å². The van der Waals surface area contributed by atoms with E-state index in [2.05, 4.69) is 0 Å². The predicted molar refractivity (Wildman–Crippen MR) is 93.0 cm³/mol. The highest BCUT2D eigenvalue weighted by molar-refractivity contribution is 6.36. The van der Waals surface area contributed by atoms with Crippen LogP contribution in [0.1, 0.15) is 44.3 Å². The molecule has 2 aliphatic rings. The molecule has 1 aliphatic carbocycles. The fraction of sp³-hybridized carbons (Fsp3) is 0.556. The van der Waals surface area contributed by atoms with Crippen molar-refractivity contribution in [2.45, 2.75) is 38.7 Å². The summed E-state index contributed by atoms with van der Waals surface area (Å²) >= 11 is 12.0. The van der Waals surface area contributed by atoms with Crippen LogP contribution in [0.25, 0.3) is 0 Å². The Bertz CT molecular complexity index is 693. The molecule has 1 aliphatic heterocycles. The summed E-state index contributed by atoms with van der Waals surface area (Å²) in [5.41, 5.74) is 0.262. The van der Waals surface area contributed by atoms with Crippen LogP contribution in [0.4, 0.5) is 4.39 Å². The zero-order valence-electron chi connectivity index (χ0n) is 13.9. The van der Waals surface area contributed by atoms with Gasteiger partial charge < -0.3 is 9.64 Å². The Morgan fingerprint density at radius 1 is 1.24 bits per heavy atom. The molecule has 1 saturated heterocycles. The molecule has 0 N–H and O–H groups in total. The van der Waals surface area contributed by atoms with Crippen molar-refractivity contribution in [2.24, 2.45) is 11.8 Å². The standard InChI is InChI=1S/C18H20Cl2FNO3/c1-10(15-13(19)6-7-14(21)16(15)20)25-18(24)12-3-2-8-22(9-12)17(23)11-4-5-11/h6-7,10-12H,2-5,8-9H2,1H3. The van der Waals surface area contributed by atoms with E-state index in [1.54, 1.807) is 11.8 Å². The molecule has 3 rings (SSSR count). The van der Waals surface area contributed by atoms with Crippen LogP contribution in [0.15, 0.2) is 12.1 Å². The molecule has 1 aromatic rings. The summed E-state index contributed by atoms with van der Waals surface area (Å²) in [6.45, 7) is 2.68. The van der Waals surface area contributed by atoms with Gasteiger partial charge in [0, 0.05) is 29.6 Å². The molecular formula is C18H20Cl2FNO3. The van der Waals surface area contributed by atoms with Gasteiger partial charge in [0.15, 0.2) is 0 Å². The minimum absolute atomic E-state index is 0.137. The monoisotopic (exact) mass is 387 g/mol. The lowest BCUT2D eigenvalue weighted by atomic mass is 9.97. The lowest BCUT2D eigenvalue weighted by Crippen LogP contribution is -2.43. The minimum atomic E-state index is -0.766. The Kier molecular flexibility index (Phi) is 5.54. The lowest BCUT2D eigenvalue weighted by Gasteiger charge is -2.32. The molecule has 1 aromatic carbocycles. The van der Waals surface area contributed by atoms with E-state index in [-0.39, 0.29) is 33.4 Å². The van der Waals surface area contributed by atoms with Crippen LogP contribution < -0.4 is 0 Å². The van der Waals surface area contributed by atoms with Gasteiger partial charge in [-0.25, -0.2) is 4.39 Å². The molecule has 7 heteroatoms. The molecular weight excluding hydrogens is 368 g/mol. The van der Waals surface area contributed by atoms with Crippen molar-refractivity contribution >= 4 is 35.1 Å². The molecule has 2 unspecified atom stereocenters. The van der Waals surface area contributed by atoms with E-state index in [0.29, 0.717) is 19.5 Å². The van der Waals surface area contributed by atoms with Crippen LogP contribution in [0.5, 0.6) is 0 Å². The number of likely N-dealkylation sites (tertiary alicyclic amines) is 1. The van der Waals surface area contributed by atoms with Gasteiger partial charge in [0.1, 0.15) is 11.9 Å². The van der Waals surface area contributed by atoms with E-state index in [1.165, 1.54) is 12.1 Å². The van der Waals surface area contributed by atoms with Gasteiger partial charge in [-0.2, -0.15) is 0 Å². The second kappa shape index (κ2) is 7.50. The number of hydrogen-bond donors (Lipinski definition) is 0. The van der Waals surface area contributed by atoms with Gasteiger partial charge in [-0.05, 0) is 44.7 Å². The number of halogens is 3. The zero-order valence-corrected chi connectivity index (χ0v) is 15.4. The molecule has 2 fully saturated rings. The van der Waals surface area contributed by atoms with Crippen molar-refractivity contribution in [3.8, 4) is 0 Å². The summed E-state index contributed by atoms with van der Waals surface area (Å²) < 4.78 is 19.1. The van der Waals surface area contributed by atoms with Crippen molar-refractivity contribution in [3.63, 3.8) is 0 Å². The minimum Gasteiger partial charge on any atom is -0.457 e. The van der Waals surface area contributed by atoms with Crippen LogP contribution in [0.3, 0.4) is 0 Å². The molecule has 2 atom stereocenters. The number of ether oxygens (including phenoxy) is 1. The predicted octanol–water partition coefficient (Wildman–Crippen LogP) is 4.39. The highest BCUT2D eigenvalue weighted by atomic mass is 35.5. The van der Waals surface area contributed by atoms with Crippen LogP contribution >= 0.6 is 23.2 Å². The fourth-order valence-corrected chi connectivity index (χ4v) is 3.88. The Morgan fingerprint density at radius 2 is 1.96 bits per heavy atom. The van der Waals surface area contributed by atoms with E-state index in [9.17, 15) is 14.0 Å². The number of carbonyl (C=O) groups excluding carboxylic acids is 2. The summed E-state index contributed by atoms with van der Waals surface area (Å²) in [6.07, 6.45) is 2.56. The molecule has 1 saturated carbocycles. The normalized spacial score (nSPS) is 21.8. The van der Waals surface area contributed by atoms with Gasteiger partial charge in [-0.1, -0.05) is 23.2 Å². The maximum absolute atomic E-state index is 13.7. The van der Waals surface area contributed by atoms with Crippen LogP contribution in [0.2, 0.25) is 10.0 Å². The van der Waals surface area contributed by atoms with Gasteiger partial charge in [-0.15, -0.1) is 0 Å². The summed E-state index contributed by atoms with van der Waals surface area (Å²) in [4.78, 5) is 26.5. The Hall–Kier alpha value is -1.33. The Balaban J connectivity index is 1.65. The van der Waals surface area contributed by atoms with Gasteiger partial charge in [0.05, 0.1) is 10.9 Å². The number of benzene rings is 1. The SMILES string of the molecule is CC(OC(=O)C1CCCN(C(=O)C2CC2)C1)c1c(Cl)ccc(F)c1Cl. The van der Waals surface area contributed by atoms with Crippen molar-refractivity contribution in [2.75, 3.05) is 13.1 Å². The summed E-state index contributed by atoms with van der Waals surface area (Å²) in [6, 6.07) is 2.56. The van der Waals surface area contributed by atoms with Crippen LogP contribution in [-0.2, 0) is 14.3 Å². The quantitative estimate of drug-likeness (QED) is 0.568.